The molecule has 3 aromatic heterocycles. The van der Waals surface area contributed by atoms with Crippen LogP contribution in [0.25, 0.3) is 11.3 Å². The highest BCUT2D eigenvalue weighted by atomic mass is 32.1. The van der Waals surface area contributed by atoms with Crippen LogP contribution >= 0.6 is 11.3 Å². The quantitative estimate of drug-likeness (QED) is 0.738. The Balaban J connectivity index is 1.95. The van der Waals surface area contributed by atoms with Crippen molar-refractivity contribution in [3.63, 3.8) is 0 Å². The smallest absolute Gasteiger partial charge is 0.248 e. The number of aryl methyl sites for hydroxylation is 1. The van der Waals surface area contributed by atoms with Crippen LogP contribution < -0.4 is 5.56 Å². The van der Waals surface area contributed by atoms with Gasteiger partial charge in [0.25, 0.3) is 0 Å². The van der Waals surface area contributed by atoms with Gasteiger partial charge in [0, 0.05) is 40.7 Å². The van der Waals surface area contributed by atoms with Gasteiger partial charge in [-0.1, -0.05) is 0 Å². The molecule has 0 aliphatic carbocycles. The van der Waals surface area contributed by atoms with Crippen molar-refractivity contribution >= 4 is 17.1 Å². The lowest BCUT2D eigenvalue weighted by molar-refractivity contribution is 0.0978. The monoisotopic (exact) mass is 336 g/mol. The Bertz CT molecular complexity index is 986. The van der Waals surface area contributed by atoms with E-state index in [2.05, 4.69) is 15.0 Å². The zero-order chi connectivity index (χ0) is 17.1. The van der Waals surface area contributed by atoms with E-state index in [0.29, 0.717) is 16.4 Å². The number of ketones is 1. The number of H-pyrrole nitrogens is 1. The first-order valence-corrected chi connectivity index (χ1v) is 7.97. The number of carbonyl (C=O) groups excluding carboxylic acids is 1. The third kappa shape index (κ3) is 3.14. The van der Waals surface area contributed by atoms with Crippen LogP contribution in [-0.2, 0) is 0 Å². The van der Waals surface area contributed by atoms with E-state index in [1.165, 1.54) is 17.4 Å². The van der Waals surface area contributed by atoms with Crippen molar-refractivity contribution in [2.75, 3.05) is 0 Å². The summed E-state index contributed by atoms with van der Waals surface area (Å²) in [6.45, 7) is 1.69. The van der Waals surface area contributed by atoms with Crippen molar-refractivity contribution in [3.8, 4) is 17.3 Å². The van der Waals surface area contributed by atoms with Crippen molar-refractivity contribution in [1.82, 2.24) is 15.0 Å². The number of Topliss-reactive ketones (excluding diaryl/α,β-unsaturated/α-hetero) is 1. The molecule has 118 valence electrons. The largest absolute Gasteiger partial charge is 0.326 e. The van der Waals surface area contributed by atoms with E-state index >= 15 is 0 Å². The summed E-state index contributed by atoms with van der Waals surface area (Å²) in [5.41, 5.74) is 1.96. The fraction of sp³-hybridized carbons (Fsp3) is 0.118. The summed E-state index contributed by atoms with van der Waals surface area (Å²) in [7, 11) is 0. The van der Waals surface area contributed by atoms with Gasteiger partial charge in [-0.25, -0.2) is 4.98 Å². The summed E-state index contributed by atoms with van der Waals surface area (Å²) in [5.74, 6) is -1.46. The number of nitriles is 1. The zero-order valence-electron chi connectivity index (χ0n) is 12.7. The van der Waals surface area contributed by atoms with E-state index in [1.807, 2.05) is 18.2 Å². The molecule has 0 aromatic carbocycles. The van der Waals surface area contributed by atoms with Crippen LogP contribution in [0.2, 0.25) is 0 Å². The average Bonchev–Trinajstić information content (AvgIpc) is 3.05. The van der Waals surface area contributed by atoms with Crippen LogP contribution in [0.5, 0.6) is 0 Å². The van der Waals surface area contributed by atoms with Gasteiger partial charge in [0.15, 0.2) is 11.7 Å². The number of nitrogens with zero attached hydrogens (tertiary/aromatic N) is 3. The Kier molecular flexibility index (Phi) is 4.31. The number of nitrogens with one attached hydrogen (secondary N) is 1. The van der Waals surface area contributed by atoms with Gasteiger partial charge >= 0.3 is 0 Å². The molecule has 1 atom stereocenters. The van der Waals surface area contributed by atoms with E-state index in [4.69, 9.17) is 0 Å². The van der Waals surface area contributed by atoms with Gasteiger partial charge in [-0.15, -0.1) is 11.3 Å². The minimum atomic E-state index is -1.04. The van der Waals surface area contributed by atoms with Crippen LogP contribution in [-0.4, -0.2) is 20.7 Å². The first kappa shape index (κ1) is 15.8. The van der Waals surface area contributed by atoms with E-state index in [-0.39, 0.29) is 11.1 Å². The van der Waals surface area contributed by atoms with Crippen LogP contribution in [0, 0.1) is 18.3 Å². The predicted octanol–water partition coefficient (Wildman–Crippen LogP) is 2.69. The molecule has 0 aliphatic rings. The van der Waals surface area contributed by atoms with Gasteiger partial charge in [-0.3, -0.25) is 14.6 Å². The second kappa shape index (κ2) is 6.56. The number of hydrogen-bond donors (Lipinski definition) is 1. The first-order chi connectivity index (χ1) is 11.6. The molecule has 0 saturated carbocycles. The van der Waals surface area contributed by atoms with Crippen molar-refractivity contribution in [3.05, 3.63) is 68.7 Å². The molecule has 1 N–H and O–H groups in total. The third-order valence-electron chi connectivity index (χ3n) is 3.40. The van der Waals surface area contributed by atoms with Crippen molar-refractivity contribution in [1.29, 1.82) is 5.26 Å². The highest BCUT2D eigenvalue weighted by molar-refractivity contribution is 7.10. The fourth-order valence-corrected chi connectivity index (χ4v) is 3.16. The molecule has 0 fully saturated rings. The lowest BCUT2D eigenvalue weighted by Crippen LogP contribution is -2.16. The Hall–Kier alpha value is -3.11. The minimum absolute atomic E-state index is 0.212. The summed E-state index contributed by atoms with van der Waals surface area (Å²) in [4.78, 5) is 35.1. The van der Waals surface area contributed by atoms with Crippen LogP contribution in [0.1, 0.15) is 27.0 Å². The molecular weight excluding hydrogens is 324 g/mol. The SMILES string of the molecule is Cc1cc(C(=O)[C@H](C#N)c2nc(-c3ccncc3)cs2)cc(=O)[nH]1. The Morgan fingerprint density at radius 1 is 1.33 bits per heavy atom. The number of aromatic nitrogens is 3. The number of pyridine rings is 2. The molecule has 7 heteroatoms. The molecule has 6 nitrogen and oxygen atoms in total. The fourth-order valence-electron chi connectivity index (χ4n) is 2.29. The van der Waals surface area contributed by atoms with Gasteiger partial charge in [0.2, 0.25) is 5.56 Å². The molecule has 3 aromatic rings. The molecule has 24 heavy (non-hydrogen) atoms. The van der Waals surface area contributed by atoms with E-state index in [9.17, 15) is 14.9 Å². The number of carbonyl (C=O) groups is 1. The second-order valence-corrected chi connectivity index (χ2v) is 6.04. The summed E-state index contributed by atoms with van der Waals surface area (Å²) in [6.07, 6.45) is 3.31. The van der Waals surface area contributed by atoms with Crippen LogP contribution in [0.15, 0.2) is 46.8 Å². The van der Waals surface area contributed by atoms with E-state index in [0.717, 1.165) is 5.56 Å². The lowest BCUT2D eigenvalue weighted by Gasteiger charge is -2.05. The Morgan fingerprint density at radius 2 is 2.08 bits per heavy atom. The Morgan fingerprint density at radius 3 is 2.75 bits per heavy atom. The summed E-state index contributed by atoms with van der Waals surface area (Å²) < 4.78 is 0. The first-order valence-electron chi connectivity index (χ1n) is 7.09. The molecule has 0 saturated heterocycles. The van der Waals surface area contributed by atoms with Crippen LogP contribution in [0.4, 0.5) is 0 Å². The number of rotatable bonds is 4. The van der Waals surface area contributed by atoms with Gasteiger partial charge in [0.05, 0.1) is 11.8 Å². The highest BCUT2D eigenvalue weighted by Crippen LogP contribution is 2.28. The third-order valence-corrected chi connectivity index (χ3v) is 4.31. The lowest BCUT2D eigenvalue weighted by atomic mass is 9.99. The van der Waals surface area contributed by atoms with E-state index in [1.54, 1.807) is 30.8 Å². The topological polar surface area (TPSA) is 99.5 Å². The molecular formula is C17H12N4O2S. The highest BCUT2D eigenvalue weighted by Gasteiger charge is 2.25. The minimum Gasteiger partial charge on any atom is -0.326 e. The van der Waals surface area contributed by atoms with Crippen molar-refractivity contribution in [2.45, 2.75) is 12.8 Å². The molecule has 0 aliphatic heterocycles. The molecule has 0 radical (unpaired) electrons. The maximum atomic E-state index is 12.6. The van der Waals surface area contributed by atoms with Gasteiger partial charge < -0.3 is 4.98 Å². The van der Waals surface area contributed by atoms with Gasteiger partial charge in [-0.05, 0) is 25.1 Å². The van der Waals surface area contributed by atoms with Crippen molar-refractivity contribution in [2.24, 2.45) is 0 Å². The number of thiazole rings is 1. The summed E-state index contributed by atoms with van der Waals surface area (Å²) >= 11 is 1.25. The molecule has 0 bridgehead atoms. The van der Waals surface area contributed by atoms with Gasteiger partial charge in [-0.2, -0.15) is 5.26 Å². The molecule has 0 spiro atoms. The van der Waals surface area contributed by atoms with Crippen molar-refractivity contribution < 1.29 is 4.79 Å². The van der Waals surface area contributed by atoms with E-state index < -0.39 is 11.7 Å². The summed E-state index contributed by atoms with van der Waals surface area (Å²) in [5, 5.41) is 11.6. The predicted molar refractivity (Wildman–Crippen MR) is 89.8 cm³/mol. The second-order valence-electron chi connectivity index (χ2n) is 5.15. The normalized spacial score (nSPS) is 11.7. The zero-order valence-corrected chi connectivity index (χ0v) is 13.5. The standard InChI is InChI=1S/C17H12N4O2S/c1-10-6-12(7-15(22)20-10)16(23)13(8-18)17-21-14(9-24-17)11-2-4-19-5-3-11/h2-7,9,13H,1H3,(H,20,22)/t13-/m0/s1. The molecule has 0 unspecified atom stereocenters. The summed E-state index contributed by atoms with van der Waals surface area (Å²) in [6, 6.07) is 8.38. The van der Waals surface area contributed by atoms with Gasteiger partial charge in [0.1, 0.15) is 5.01 Å². The maximum absolute atomic E-state index is 12.6. The average molecular weight is 336 g/mol. The maximum Gasteiger partial charge on any atom is 0.248 e. The molecule has 3 heterocycles. The number of aromatic amines is 1. The molecule has 3 rings (SSSR count). The van der Waals surface area contributed by atoms with Crippen LogP contribution in [0.3, 0.4) is 0 Å². The Labute approximate surface area is 141 Å². The molecule has 0 amide bonds. The number of hydrogen-bond acceptors (Lipinski definition) is 6.